The summed E-state index contributed by atoms with van der Waals surface area (Å²) in [4.78, 5) is 0. The molecule has 6 heteroatoms. The maximum atomic E-state index is 13.6. The van der Waals surface area contributed by atoms with Crippen LogP contribution in [0, 0.1) is 17.5 Å². The summed E-state index contributed by atoms with van der Waals surface area (Å²) in [5.41, 5.74) is 6.84. The maximum Gasteiger partial charge on any atom is 0.161 e. The Morgan fingerprint density at radius 2 is 1.83 bits per heavy atom. The molecule has 2 aromatic rings. The third-order valence-corrected chi connectivity index (χ3v) is 2.73. The predicted molar refractivity (Wildman–Crippen MR) is 60.7 cm³/mol. The van der Waals surface area contributed by atoms with Gasteiger partial charge >= 0.3 is 0 Å². The van der Waals surface area contributed by atoms with Crippen LogP contribution < -0.4 is 5.73 Å². The normalized spacial score (nSPS) is 10.9. The van der Waals surface area contributed by atoms with Crippen LogP contribution in [0.25, 0.3) is 5.69 Å². The summed E-state index contributed by atoms with van der Waals surface area (Å²) in [7, 11) is 0. The highest BCUT2D eigenvalue weighted by molar-refractivity contribution is 5.37. The number of aromatic nitrogens is 2. The second kappa shape index (κ2) is 4.81. The van der Waals surface area contributed by atoms with Crippen molar-refractivity contribution >= 4 is 0 Å². The highest BCUT2D eigenvalue weighted by Gasteiger charge is 2.16. The average Bonchev–Trinajstić information content (AvgIpc) is 2.76. The van der Waals surface area contributed by atoms with Crippen LogP contribution in [-0.2, 0) is 13.0 Å². The van der Waals surface area contributed by atoms with Crippen LogP contribution in [0.5, 0.6) is 0 Å². The Labute approximate surface area is 102 Å². The van der Waals surface area contributed by atoms with E-state index in [0.29, 0.717) is 18.2 Å². The lowest BCUT2D eigenvalue weighted by atomic mass is 10.2. The Balaban J connectivity index is 2.62. The molecule has 0 saturated heterocycles. The van der Waals surface area contributed by atoms with E-state index in [2.05, 4.69) is 5.10 Å². The second-order valence-corrected chi connectivity index (χ2v) is 3.80. The lowest BCUT2D eigenvalue weighted by Crippen LogP contribution is -2.07. The smallest absolute Gasteiger partial charge is 0.161 e. The molecular weight excluding hydrogens is 243 g/mol. The molecule has 0 radical (unpaired) electrons. The Morgan fingerprint density at radius 1 is 1.17 bits per heavy atom. The maximum absolute atomic E-state index is 13.6. The lowest BCUT2D eigenvalue weighted by Gasteiger charge is -2.09. The van der Waals surface area contributed by atoms with Gasteiger partial charge in [-0.1, -0.05) is 6.92 Å². The zero-order valence-corrected chi connectivity index (χ0v) is 9.75. The van der Waals surface area contributed by atoms with E-state index in [-0.39, 0.29) is 12.2 Å². The zero-order valence-electron chi connectivity index (χ0n) is 9.75. The summed E-state index contributed by atoms with van der Waals surface area (Å²) >= 11 is 0. The molecule has 96 valence electrons. The number of benzene rings is 1. The molecule has 0 aliphatic rings. The zero-order chi connectivity index (χ0) is 13.3. The van der Waals surface area contributed by atoms with Crippen LogP contribution in [0.4, 0.5) is 13.2 Å². The Morgan fingerprint density at radius 3 is 2.44 bits per heavy atom. The van der Waals surface area contributed by atoms with Crippen molar-refractivity contribution in [3.8, 4) is 5.69 Å². The summed E-state index contributed by atoms with van der Waals surface area (Å²) in [6.45, 7) is 2.11. The number of nitrogens with two attached hydrogens (primary N) is 1. The minimum atomic E-state index is -1.22. The summed E-state index contributed by atoms with van der Waals surface area (Å²) in [5, 5.41) is 3.97. The molecule has 0 fully saturated rings. The third kappa shape index (κ3) is 1.99. The number of halogens is 3. The van der Waals surface area contributed by atoms with Crippen molar-refractivity contribution in [1.29, 1.82) is 0 Å². The van der Waals surface area contributed by atoms with Gasteiger partial charge in [-0.15, -0.1) is 0 Å². The standard InChI is InChI=1S/C12H12F3N3/c1-2-11-7(5-16)6-17-18(11)12-4-9(14)8(13)3-10(12)15/h3-4,6H,2,5,16H2,1H3. The van der Waals surface area contributed by atoms with Crippen LogP contribution >= 0.6 is 0 Å². The van der Waals surface area contributed by atoms with Crippen LogP contribution in [-0.4, -0.2) is 9.78 Å². The molecule has 1 aromatic carbocycles. The summed E-state index contributed by atoms with van der Waals surface area (Å²) in [5.74, 6) is -3.20. The van der Waals surface area contributed by atoms with Gasteiger partial charge in [0.2, 0.25) is 0 Å². The first-order valence-corrected chi connectivity index (χ1v) is 5.49. The number of rotatable bonds is 3. The fourth-order valence-electron chi connectivity index (χ4n) is 1.84. The van der Waals surface area contributed by atoms with Crippen molar-refractivity contribution in [3.05, 3.63) is 47.0 Å². The molecule has 3 nitrogen and oxygen atoms in total. The molecular formula is C12H12F3N3. The molecule has 1 aromatic heterocycles. The van der Waals surface area contributed by atoms with Crippen molar-refractivity contribution in [2.75, 3.05) is 0 Å². The van der Waals surface area contributed by atoms with Gasteiger partial charge in [-0.2, -0.15) is 5.10 Å². The fourth-order valence-corrected chi connectivity index (χ4v) is 1.84. The van der Waals surface area contributed by atoms with Gasteiger partial charge in [0.25, 0.3) is 0 Å². The van der Waals surface area contributed by atoms with E-state index in [1.54, 1.807) is 0 Å². The van der Waals surface area contributed by atoms with Crippen molar-refractivity contribution in [2.24, 2.45) is 5.73 Å². The predicted octanol–water partition coefficient (Wildman–Crippen LogP) is 2.31. The third-order valence-electron chi connectivity index (χ3n) is 2.73. The van der Waals surface area contributed by atoms with E-state index in [1.807, 2.05) is 6.92 Å². The van der Waals surface area contributed by atoms with Crippen molar-refractivity contribution < 1.29 is 13.2 Å². The molecule has 2 N–H and O–H groups in total. The van der Waals surface area contributed by atoms with Gasteiger partial charge in [-0.05, 0) is 6.42 Å². The molecule has 0 amide bonds. The SMILES string of the molecule is CCc1c(CN)cnn1-c1cc(F)c(F)cc1F. The first-order chi connectivity index (χ1) is 8.58. The number of hydrogen-bond donors (Lipinski definition) is 1. The Kier molecular flexibility index (Phi) is 3.38. The van der Waals surface area contributed by atoms with Gasteiger partial charge in [0.1, 0.15) is 5.69 Å². The highest BCUT2D eigenvalue weighted by Crippen LogP contribution is 2.21. The van der Waals surface area contributed by atoms with Gasteiger partial charge in [0, 0.05) is 29.9 Å². The Bertz CT molecular complexity index is 578. The molecule has 1 heterocycles. The van der Waals surface area contributed by atoms with Crippen LogP contribution in [0.1, 0.15) is 18.2 Å². The summed E-state index contributed by atoms with van der Waals surface area (Å²) in [6.07, 6.45) is 2.06. The minimum absolute atomic E-state index is 0.120. The molecule has 18 heavy (non-hydrogen) atoms. The van der Waals surface area contributed by atoms with E-state index in [1.165, 1.54) is 10.9 Å². The van der Waals surface area contributed by atoms with E-state index in [9.17, 15) is 13.2 Å². The lowest BCUT2D eigenvalue weighted by molar-refractivity contribution is 0.491. The van der Waals surface area contributed by atoms with Crippen molar-refractivity contribution in [2.45, 2.75) is 19.9 Å². The first kappa shape index (κ1) is 12.6. The van der Waals surface area contributed by atoms with Gasteiger partial charge in [-0.3, -0.25) is 0 Å². The van der Waals surface area contributed by atoms with E-state index in [0.717, 1.165) is 11.6 Å². The Hall–Kier alpha value is -1.82. The van der Waals surface area contributed by atoms with Crippen LogP contribution in [0.3, 0.4) is 0 Å². The fraction of sp³-hybridized carbons (Fsp3) is 0.250. The summed E-state index contributed by atoms with van der Waals surface area (Å²) < 4.78 is 40.9. The molecule has 0 aliphatic heterocycles. The molecule has 2 rings (SSSR count). The summed E-state index contributed by atoms with van der Waals surface area (Å²) in [6, 6.07) is 1.30. The highest BCUT2D eigenvalue weighted by atomic mass is 19.2. The quantitative estimate of drug-likeness (QED) is 0.855. The first-order valence-electron chi connectivity index (χ1n) is 5.49. The minimum Gasteiger partial charge on any atom is -0.326 e. The number of nitrogens with zero attached hydrogens (tertiary/aromatic N) is 2. The van der Waals surface area contributed by atoms with Crippen LogP contribution in [0.2, 0.25) is 0 Å². The van der Waals surface area contributed by atoms with Gasteiger partial charge in [0.15, 0.2) is 17.5 Å². The topological polar surface area (TPSA) is 43.8 Å². The van der Waals surface area contributed by atoms with Gasteiger partial charge < -0.3 is 5.73 Å². The van der Waals surface area contributed by atoms with E-state index < -0.39 is 17.5 Å². The molecule has 0 spiro atoms. The van der Waals surface area contributed by atoms with Crippen molar-refractivity contribution in [3.63, 3.8) is 0 Å². The van der Waals surface area contributed by atoms with Gasteiger partial charge in [0.05, 0.1) is 6.20 Å². The average molecular weight is 255 g/mol. The van der Waals surface area contributed by atoms with E-state index in [4.69, 9.17) is 5.73 Å². The molecule has 0 unspecified atom stereocenters. The van der Waals surface area contributed by atoms with Gasteiger partial charge in [-0.25, -0.2) is 17.9 Å². The molecule has 0 aliphatic carbocycles. The van der Waals surface area contributed by atoms with Crippen LogP contribution in [0.15, 0.2) is 18.3 Å². The van der Waals surface area contributed by atoms with Crippen molar-refractivity contribution in [1.82, 2.24) is 9.78 Å². The largest absolute Gasteiger partial charge is 0.326 e. The number of hydrogen-bond acceptors (Lipinski definition) is 2. The monoisotopic (exact) mass is 255 g/mol. The molecule has 0 saturated carbocycles. The second-order valence-electron chi connectivity index (χ2n) is 3.80. The van der Waals surface area contributed by atoms with E-state index >= 15 is 0 Å². The molecule has 0 atom stereocenters. The molecule has 0 bridgehead atoms.